The maximum Gasteiger partial charge on any atom is 0.0964 e. The summed E-state index contributed by atoms with van der Waals surface area (Å²) in [6.07, 6.45) is 3.59. The van der Waals surface area contributed by atoms with Crippen molar-refractivity contribution in [2.75, 3.05) is 26.7 Å². The van der Waals surface area contributed by atoms with Crippen LogP contribution in [0.1, 0.15) is 5.56 Å². The standard InChI is InChI=1S/C12H18N2O2/c1-14-5-6-16-12(9-14)11(15)7-10-3-2-4-13-8-10/h2-4,8,11-12,15H,5-7,9H2,1H3. The normalized spacial score (nSPS) is 24.2. The van der Waals surface area contributed by atoms with Crippen molar-refractivity contribution in [2.24, 2.45) is 0 Å². The zero-order valence-electron chi connectivity index (χ0n) is 9.54. The van der Waals surface area contributed by atoms with Crippen LogP contribution in [0.4, 0.5) is 0 Å². The molecule has 1 aromatic heterocycles. The molecule has 4 nitrogen and oxygen atoms in total. The molecule has 2 heterocycles. The fourth-order valence-electron chi connectivity index (χ4n) is 1.94. The van der Waals surface area contributed by atoms with Crippen molar-refractivity contribution in [2.45, 2.75) is 18.6 Å². The van der Waals surface area contributed by atoms with Gasteiger partial charge in [-0.2, -0.15) is 0 Å². The molecule has 88 valence electrons. The number of aliphatic hydroxyl groups excluding tert-OH is 1. The second-order valence-electron chi connectivity index (χ2n) is 4.30. The first kappa shape index (κ1) is 11.5. The summed E-state index contributed by atoms with van der Waals surface area (Å²) in [7, 11) is 2.05. The summed E-state index contributed by atoms with van der Waals surface area (Å²) in [4.78, 5) is 6.22. The van der Waals surface area contributed by atoms with E-state index in [2.05, 4.69) is 9.88 Å². The van der Waals surface area contributed by atoms with Crippen molar-refractivity contribution in [3.05, 3.63) is 30.1 Å². The molecule has 0 aromatic carbocycles. The molecule has 0 spiro atoms. The zero-order chi connectivity index (χ0) is 11.4. The van der Waals surface area contributed by atoms with Gasteiger partial charge in [-0.1, -0.05) is 6.07 Å². The van der Waals surface area contributed by atoms with E-state index in [1.165, 1.54) is 0 Å². The molecule has 4 heteroatoms. The summed E-state index contributed by atoms with van der Waals surface area (Å²) in [5.74, 6) is 0. The molecule has 0 radical (unpaired) electrons. The van der Waals surface area contributed by atoms with Crippen LogP contribution in [0, 0.1) is 0 Å². The van der Waals surface area contributed by atoms with Gasteiger partial charge in [0, 0.05) is 31.9 Å². The third-order valence-electron chi connectivity index (χ3n) is 2.89. The van der Waals surface area contributed by atoms with Crippen LogP contribution < -0.4 is 0 Å². The van der Waals surface area contributed by atoms with Crippen LogP contribution in [0.5, 0.6) is 0 Å². The van der Waals surface area contributed by atoms with Gasteiger partial charge >= 0.3 is 0 Å². The highest BCUT2D eigenvalue weighted by Crippen LogP contribution is 2.11. The third-order valence-corrected chi connectivity index (χ3v) is 2.89. The maximum absolute atomic E-state index is 10.1. The minimum atomic E-state index is -0.452. The lowest BCUT2D eigenvalue weighted by atomic mass is 10.0. The Morgan fingerprint density at radius 1 is 1.69 bits per heavy atom. The number of ether oxygens (including phenoxy) is 1. The van der Waals surface area contributed by atoms with E-state index in [1.807, 2.05) is 19.2 Å². The Balaban J connectivity index is 1.90. The molecule has 1 fully saturated rings. The SMILES string of the molecule is CN1CCOC(C(O)Cc2cccnc2)C1. The van der Waals surface area contributed by atoms with Crippen LogP contribution >= 0.6 is 0 Å². The molecule has 2 atom stereocenters. The maximum atomic E-state index is 10.1. The van der Waals surface area contributed by atoms with Gasteiger partial charge in [0.2, 0.25) is 0 Å². The van der Waals surface area contributed by atoms with Gasteiger partial charge in [-0.3, -0.25) is 4.98 Å². The average molecular weight is 222 g/mol. The van der Waals surface area contributed by atoms with Crippen LogP contribution in [0.3, 0.4) is 0 Å². The molecule has 2 rings (SSSR count). The third kappa shape index (κ3) is 3.01. The van der Waals surface area contributed by atoms with Crippen molar-refractivity contribution in [3.8, 4) is 0 Å². The van der Waals surface area contributed by atoms with E-state index >= 15 is 0 Å². The van der Waals surface area contributed by atoms with Gasteiger partial charge in [-0.05, 0) is 18.7 Å². The molecule has 0 saturated carbocycles. The van der Waals surface area contributed by atoms with Crippen LogP contribution in [0.2, 0.25) is 0 Å². The smallest absolute Gasteiger partial charge is 0.0964 e. The number of rotatable bonds is 3. The molecular weight excluding hydrogens is 204 g/mol. The van der Waals surface area contributed by atoms with Gasteiger partial charge in [-0.25, -0.2) is 0 Å². The summed E-state index contributed by atoms with van der Waals surface area (Å²) in [5, 5.41) is 10.1. The van der Waals surface area contributed by atoms with Gasteiger partial charge in [0.1, 0.15) is 0 Å². The molecule has 1 aliphatic rings. The lowest BCUT2D eigenvalue weighted by Gasteiger charge is -2.32. The summed E-state index contributed by atoms with van der Waals surface area (Å²) >= 11 is 0. The summed E-state index contributed by atoms with van der Waals surface area (Å²) in [5.41, 5.74) is 1.05. The van der Waals surface area contributed by atoms with Gasteiger partial charge in [0.15, 0.2) is 0 Å². The molecule has 0 aliphatic carbocycles. The molecule has 1 aliphatic heterocycles. The van der Waals surface area contributed by atoms with Crippen molar-refractivity contribution in [3.63, 3.8) is 0 Å². The number of likely N-dealkylation sites (N-methyl/N-ethyl adjacent to an activating group) is 1. The second kappa shape index (κ2) is 5.39. The number of nitrogens with zero attached hydrogens (tertiary/aromatic N) is 2. The summed E-state index contributed by atoms with van der Waals surface area (Å²) in [6, 6.07) is 3.86. The predicted molar refractivity (Wildman–Crippen MR) is 61.2 cm³/mol. The Morgan fingerprint density at radius 3 is 3.25 bits per heavy atom. The number of morpholine rings is 1. The quantitative estimate of drug-likeness (QED) is 0.800. The fourth-order valence-corrected chi connectivity index (χ4v) is 1.94. The fraction of sp³-hybridized carbons (Fsp3) is 0.583. The van der Waals surface area contributed by atoms with E-state index in [0.717, 1.165) is 18.7 Å². The minimum absolute atomic E-state index is 0.0843. The number of aliphatic hydroxyl groups is 1. The Morgan fingerprint density at radius 2 is 2.56 bits per heavy atom. The van der Waals surface area contributed by atoms with Gasteiger partial charge in [0.25, 0.3) is 0 Å². The lowest BCUT2D eigenvalue weighted by Crippen LogP contribution is -2.46. The molecule has 16 heavy (non-hydrogen) atoms. The van der Waals surface area contributed by atoms with Crippen molar-refractivity contribution in [1.29, 1.82) is 0 Å². The van der Waals surface area contributed by atoms with E-state index in [-0.39, 0.29) is 6.10 Å². The van der Waals surface area contributed by atoms with E-state index in [4.69, 9.17) is 4.74 Å². The molecule has 1 saturated heterocycles. The molecule has 2 unspecified atom stereocenters. The Hall–Kier alpha value is -0.970. The number of hydrogen-bond donors (Lipinski definition) is 1. The number of hydrogen-bond acceptors (Lipinski definition) is 4. The molecule has 1 aromatic rings. The van der Waals surface area contributed by atoms with Gasteiger partial charge < -0.3 is 14.7 Å². The molecule has 0 bridgehead atoms. The van der Waals surface area contributed by atoms with Gasteiger partial charge in [0.05, 0.1) is 18.8 Å². The summed E-state index contributed by atoms with van der Waals surface area (Å²) < 4.78 is 5.57. The Labute approximate surface area is 95.9 Å². The predicted octanol–water partition coefficient (Wildman–Crippen LogP) is 0.316. The van der Waals surface area contributed by atoms with E-state index in [1.54, 1.807) is 12.4 Å². The summed E-state index contributed by atoms with van der Waals surface area (Å²) in [6.45, 7) is 2.43. The Bertz CT molecular complexity index is 318. The topological polar surface area (TPSA) is 45.6 Å². The van der Waals surface area contributed by atoms with Crippen LogP contribution in [0.15, 0.2) is 24.5 Å². The number of pyridine rings is 1. The highest BCUT2D eigenvalue weighted by molar-refractivity contribution is 5.10. The van der Waals surface area contributed by atoms with E-state index in [9.17, 15) is 5.11 Å². The van der Waals surface area contributed by atoms with Crippen LogP contribution in [-0.2, 0) is 11.2 Å². The first-order valence-corrected chi connectivity index (χ1v) is 5.63. The van der Waals surface area contributed by atoms with Crippen molar-refractivity contribution >= 4 is 0 Å². The van der Waals surface area contributed by atoms with Crippen molar-refractivity contribution < 1.29 is 9.84 Å². The monoisotopic (exact) mass is 222 g/mol. The first-order chi connectivity index (χ1) is 7.75. The minimum Gasteiger partial charge on any atom is -0.390 e. The highest BCUT2D eigenvalue weighted by atomic mass is 16.5. The number of aromatic nitrogens is 1. The first-order valence-electron chi connectivity index (χ1n) is 5.63. The average Bonchev–Trinajstić information content (AvgIpc) is 2.30. The van der Waals surface area contributed by atoms with E-state index < -0.39 is 6.10 Å². The second-order valence-corrected chi connectivity index (χ2v) is 4.30. The largest absolute Gasteiger partial charge is 0.390 e. The molecular formula is C12H18N2O2. The van der Waals surface area contributed by atoms with Crippen molar-refractivity contribution in [1.82, 2.24) is 9.88 Å². The van der Waals surface area contributed by atoms with Gasteiger partial charge in [-0.15, -0.1) is 0 Å². The van der Waals surface area contributed by atoms with E-state index in [0.29, 0.717) is 13.0 Å². The zero-order valence-corrected chi connectivity index (χ0v) is 9.54. The molecule has 1 N–H and O–H groups in total. The Kier molecular flexibility index (Phi) is 3.88. The van der Waals surface area contributed by atoms with Crippen LogP contribution in [-0.4, -0.2) is 53.9 Å². The molecule has 0 amide bonds. The lowest BCUT2D eigenvalue weighted by molar-refractivity contribution is -0.0823. The highest BCUT2D eigenvalue weighted by Gasteiger charge is 2.25. The van der Waals surface area contributed by atoms with Crippen LogP contribution in [0.25, 0.3) is 0 Å².